The Balaban J connectivity index is 1.54. The Morgan fingerprint density at radius 1 is 1.04 bits per heavy atom. The van der Waals surface area contributed by atoms with Crippen LogP contribution in [0.5, 0.6) is 0 Å². The van der Waals surface area contributed by atoms with Gasteiger partial charge < -0.3 is 4.74 Å². The Kier molecular flexibility index (Phi) is 3.20. The highest BCUT2D eigenvalue weighted by Crippen LogP contribution is 2.54. The van der Waals surface area contributed by atoms with Gasteiger partial charge in [0.1, 0.15) is 6.61 Å². The standard InChI is InChI=1S/C21H19NO3/c23-20(22-9-10-25-21(22)24)19-17-8-7-16(12-17)18(19)15-6-5-13-3-1-2-4-14(13)11-15/h1-8,11,16-19H,9-10,12H2/t16-,17+,18?,19?/m1/s1. The van der Waals surface area contributed by atoms with E-state index in [2.05, 4.69) is 42.5 Å². The lowest BCUT2D eigenvalue weighted by Crippen LogP contribution is -2.40. The second-order valence-electron chi connectivity index (χ2n) is 7.21. The van der Waals surface area contributed by atoms with Crippen molar-refractivity contribution in [2.75, 3.05) is 13.2 Å². The predicted octanol–water partition coefficient (Wildman–Crippen LogP) is 3.72. The first kappa shape index (κ1) is 14.7. The smallest absolute Gasteiger partial charge is 0.416 e. The molecular formula is C21H19NO3. The average Bonchev–Trinajstić information content (AvgIpc) is 3.36. The Bertz CT molecular complexity index is 903. The van der Waals surface area contributed by atoms with Gasteiger partial charge in [0.15, 0.2) is 0 Å². The molecule has 1 aliphatic heterocycles. The van der Waals surface area contributed by atoms with Crippen LogP contribution < -0.4 is 0 Å². The van der Waals surface area contributed by atoms with Crippen molar-refractivity contribution in [1.82, 2.24) is 4.90 Å². The Morgan fingerprint density at radius 2 is 1.84 bits per heavy atom. The van der Waals surface area contributed by atoms with Crippen LogP contribution in [-0.2, 0) is 9.53 Å². The third-order valence-corrected chi connectivity index (χ3v) is 5.93. The molecule has 25 heavy (non-hydrogen) atoms. The zero-order valence-electron chi connectivity index (χ0n) is 13.8. The molecule has 2 aromatic rings. The number of imide groups is 1. The summed E-state index contributed by atoms with van der Waals surface area (Å²) in [7, 11) is 0. The highest BCUT2D eigenvalue weighted by Gasteiger charge is 2.51. The van der Waals surface area contributed by atoms with E-state index < -0.39 is 6.09 Å². The molecule has 3 aliphatic rings. The molecule has 1 heterocycles. The normalized spacial score (nSPS) is 30.2. The molecule has 126 valence electrons. The van der Waals surface area contributed by atoms with E-state index in [0.717, 1.165) is 6.42 Å². The summed E-state index contributed by atoms with van der Waals surface area (Å²) >= 11 is 0. The molecule has 2 aliphatic carbocycles. The highest BCUT2D eigenvalue weighted by molar-refractivity contribution is 5.95. The number of carbonyl (C=O) groups excluding carboxylic acids is 2. The molecule has 2 aromatic carbocycles. The highest BCUT2D eigenvalue weighted by atomic mass is 16.6. The Morgan fingerprint density at radius 3 is 2.64 bits per heavy atom. The summed E-state index contributed by atoms with van der Waals surface area (Å²) in [6, 6.07) is 14.8. The van der Waals surface area contributed by atoms with Gasteiger partial charge in [0.05, 0.1) is 12.5 Å². The van der Waals surface area contributed by atoms with Crippen LogP contribution >= 0.6 is 0 Å². The molecule has 0 aromatic heterocycles. The molecule has 2 amide bonds. The maximum absolute atomic E-state index is 13.1. The van der Waals surface area contributed by atoms with Crippen molar-refractivity contribution >= 4 is 22.8 Å². The summed E-state index contributed by atoms with van der Waals surface area (Å²) in [5, 5.41) is 2.40. The molecule has 4 nitrogen and oxygen atoms in total. The number of carbonyl (C=O) groups is 2. The van der Waals surface area contributed by atoms with Gasteiger partial charge in [-0.05, 0) is 34.6 Å². The number of hydrogen-bond donors (Lipinski definition) is 0. The van der Waals surface area contributed by atoms with Crippen molar-refractivity contribution < 1.29 is 14.3 Å². The van der Waals surface area contributed by atoms with E-state index >= 15 is 0 Å². The number of ether oxygens (including phenoxy) is 1. The van der Waals surface area contributed by atoms with Gasteiger partial charge in [-0.2, -0.15) is 0 Å². The van der Waals surface area contributed by atoms with Gasteiger partial charge in [0.2, 0.25) is 5.91 Å². The maximum atomic E-state index is 13.1. The summed E-state index contributed by atoms with van der Waals surface area (Å²) in [6.45, 7) is 0.682. The first-order valence-corrected chi connectivity index (χ1v) is 8.87. The van der Waals surface area contributed by atoms with Crippen LogP contribution in [-0.4, -0.2) is 30.1 Å². The first-order chi connectivity index (χ1) is 12.2. The van der Waals surface area contributed by atoms with E-state index in [4.69, 9.17) is 4.74 Å². The van der Waals surface area contributed by atoms with E-state index in [-0.39, 0.29) is 23.7 Å². The van der Waals surface area contributed by atoms with Crippen LogP contribution in [0.25, 0.3) is 10.8 Å². The number of fused-ring (bicyclic) bond motifs is 3. The number of cyclic esters (lactones) is 1. The van der Waals surface area contributed by atoms with Crippen molar-refractivity contribution in [3.05, 3.63) is 60.2 Å². The molecule has 0 N–H and O–H groups in total. The minimum Gasteiger partial charge on any atom is -0.447 e. The average molecular weight is 333 g/mol. The summed E-state index contributed by atoms with van der Waals surface area (Å²) in [5.74, 6) is 0.501. The zero-order chi connectivity index (χ0) is 17.0. The van der Waals surface area contributed by atoms with Crippen molar-refractivity contribution in [1.29, 1.82) is 0 Å². The SMILES string of the molecule is O=C1OCCN1C(=O)C1C(c2ccc3ccccc3c2)[C@@H]2C=C[C@H]1C2. The van der Waals surface area contributed by atoms with Gasteiger partial charge in [-0.15, -0.1) is 0 Å². The molecule has 0 radical (unpaired) electrons. The third kappa shape index (κ3) is 2.20. The quantitative estimate of drug-likeness (QED) is 0.787. The second kappa shape index (κ2) is 5.45. The fourth-order valence-electron chi connectivity index (χ4n) is 4.80. The molecule has 2 bridgehead atoms. The van der Waals surface area contributed by atoms with E-state index in [0.29, 0.717) is 19.1 Å². The molecule has 0 spiro atoms. The summed E-state index contributed by atoms with van der Waals surface area (Å²) in [4.78, 5) is 26.2. The number of rotatable bonds is 2. The maximum Gasteiger partial charge on any atom is 0.416 e. The molecule has 2 fully saturated rings. The monoisotopic (exact) mass is 333 g/mol. The predicted molar refractivity (Wildman–Crippen MR) is 94.0 cm³/mol. The summed E-state index contributed by atoms with van der Waals surface area (Å²) in [5.41, 5.74) is 1.20. The van der Waals surface area contributed by atoms with Crippen molar-refractivity contribution in [3.63, 3.8) is 0 Å². The van der Waals surface area contributed by atoms with E-state index in [9.17, 15) is 9.59 Å². The van der Waals surface area contributed by atoms with Crippen LogP contribution in [0.4, 0.5) is 4.79 Å². The lowest BCUT2D eigenvalue weighted by molar-refractivity contribution is -0.133. The first-order valence-electron chi connectivity index (χ1n) is 8.87. The largest absolute Gasteiger partial charge is 0.447 e. The summed E-state index contributed by atoms with van der Waals surface area (Å²) < 4.78 is 4.97. The zero-order valence-corrected chi connectivity index (χ0v) is 13.8. The molecule has 1 saturated carbocycles. The third-order valence-electron chi connectivity index (χ3n) is 5.93. The molecule has 5 rings (SSSR count). The van der Waals surface area contributed by atoms with Gasteiger partial charge >= 0.3 is 6.09 Å². The van der Waals surface area contributed by atoms with Gasteiger partial charge in [-0.1, -0.05) is 54.6 Å². The van der Waals surface area contributed by atoms with E-state index in [1.165, 1.54) is 21.2 Å². The molecular weight excluding hydrogens is 314 g/mol. The van der Waals surface area contributed by atoms with E-state index in [1.807, 2.05) is 12.1 Å². The van der Waals surface area contributed by atoms with Gasteiger partial charge in [-0.3, -0.25) is 4.79 Å². The molecule has 2 unspecified atom stereocenters. The Labute approximate surface area is 146 Å². The van der Waals surface area contributed by atoms with Crippen LogP contribution in [0, 0.1) is 17.8 Å². The fourth-order valence-corrected chi connectivity index (χ4v) is 4.80. The van der Waals surface area contributed by atoms with Gasteiger partial charge in [0, 0.05) is 5.92 Å². The van der Waals surface area contributed by atoms with Gasteiger partial charge in [-0.25, -0.2) is 9.69 Å². The second-order valence-corrected chi connectivity index (χ2v) is 7.21. The number of allylic oxidation sites excluding steroid dienone is 2. The van der Waals surface area contributed by atoms with Crippen molar-refractivity contribution in [3.8, 4) is 0 Å². The van der Waals surface area contributed by atoms with Crippen LogP contribution in [0.1, 0.15) is 17.9 Å². The van der Waals surface area contributed by atoms with Gasteiger partial charge in [0.25, 0.3) is 0 Å². The summed E-state index contributed by atoms with van der Waals surface area (Å²) in [6.07, 6.45) is 4.91. The Hall–Kier alpha value is -2.62. The van der Waals surface area contributed by atoms with E-state index in [1.54, 1.807) is 0 Å². The number of nitrogens with zero attached hydrogens (tertiary/aromatic N) is 1. The minimum absolute atomic E-state index is 0.0718. The molecule has 4 heteroatoms. The fraction of sp³-hybridized carbons (Fsp3) is 0.333. The lowest BCUT2D eigenvalue weighted by Gasteiger charge is -2.29. The van der Waals surface area contributed by atoms with Crippen LogP contribution in [0.3, 0.4) is 0 Å². The topological polar surface area (TPSA) is 46.6 Å². The number of amides is 2. The number of benzene rings is 2. The van der Waals surface area contributed by atoms with Crippen LogP contribution in [0.15, 0.2) is 54.6 Å². The lowest BCUT2D eigenvalue weighted by atomic mass is 9.77. The van der Waals surface area contributed by atoms with Crippen molar-refractivity contribution in [2.24, 2.45) is 17.8 Å². The molecule has 1 saturated heterocycles. The number of hydrogen-bond acceptors (Lipinski definition) is 3. The molecule has 4 atom stereocenters. The minimum atomic E-state index is -0.492. The van der Waals surface area contributed by atoms with Crippen LogP contribution in [0.2, 0.25) is 0 Å². The van der Waals surface area contributed by atoms with Crippen molar-refractivity contribution in [2.45, 2.75) is 12.3 Å².